The number of carbonyl (C=O) groups is 1. The maximum Gasteiger partial charge on any atom is 0.252 e. The molecule has 1 rings (SSSR count). The van der Waals surface area contributed by atoms with Gasteiger partial charge in [0.1, 0.15) is 6.10 Å². The monoisotopic (exact) mass is 184 g/mol. The summed E-state index contributed by atoms with van der Waals surface area (Å²) in [6.07, 6.45) is 0.0837. The van der Waals surface area contributed by atoms with Crippen molar-refractivity contribution in [3.05, 3.63) is 24.3 Å². The minimum atomic E-state index is -1.09. The van der Waals surface area contributed by atoms with E-state index in [0.717, 1.165) is 6.07 Å². The summed E-state index contributed by atoms with van der Waals surface area (Å²) in [5.41, 5.74) is 0.354. The molecule has 0 saturated carbocycles. The van der Waals surface area contributed by atoms with Crippen LogP contribution in [0.2, 0.25) is 0 Å². The van der Waals surface area contributed by atoms with E-state index in [0.29, 0.717) is 5.69 Å². The fraction of sp³-hybridized carbons (Fsp3) is 0.250. The van der Waals surface area contributed by atoms with Gasteiger partial charge in [-0.25, -0.2) is 4.98 Å². The predicted octanol–water partition coefficient (Wildman–Crippen LogP) is 0.540. The normalized spacial score (nSPS) is 12.2. The van der Waals surface area contributed by atoms with Crippen LogP contribution in [0.3, 0.4) is 0 Å². The van der Waals surface area contributed by atoms with Gasteiger partial charge in [-0.15, -0.1) is 0 Å². The van der Waals surface area contributed by atoms with E-state index in [4.69, 9.17) is 5.11 Å². The smallest absolute Gasteiger partial charge is 0.252 e. The lowest BCUT2D eigenvalue weighted by atomic mass is 10.3. The Bertz CT molecular complexity index is 298. The summed E-state index contributed by atoms with van der Waals surface area (Å²) in [5.74, 6) is -1.16. The molecule has 13 heavy (non-hydrogen) atoms. The van der Waals surface area contributed by atoms with E-state index in [1.807, 2.05) is 0 Å². The molecule has 0 bridgehead atoms. The van der Waals surface area contributed by atoms with E-state index in [9.17, 15) is 9.18 Å². The lowest BCUT2D eigenvalue weighted by molar-refractivity contribution is -0.123. The molecule has 0 fully saturated rings. The van der Waals surface area contributed by atoms with Gasteiger partial charge in [-0.1, -0.05) is 0 Å². The van der Waals surface area contributed by atoms with Gasteiger partial charge in [0, 0.05) is 0 Å². The SMILES string of the molecule is C[C@H](O)C(=O)Nc1ccc(F)nc1. The van der Waals surface area contributed by atoms with Crippen LogP contribution in [-0.2, 0) is 4.79 Å². The number of carbonyl (C=O) groups excluding carboxylic acids is 1. The van der Waals surface area contributed by atoms with Gasteiger partial charge in [0.15, 0.2) is 0 Å². The highest BCUT2D eigenvalue weighted by Crippen LogP contribution is 2.05. The minimum Gasteiger partial charge on any atom is -0.384 e. The topological polar surface area (TPSA) is 62.2 Å². The number of nitrogens with one attached hydrogen (secondary N) is 1. The second-order valence-corrected chi connectivity index (χ2v) is 2.53. The van der Waals surface area contributed by atoms with Gasteiger partial charge < -0.3 is 10.4 Å². The predicted molar refractivity (Wildman–Crippen MR) is 44.5 cm³/mol. The lowest BCUT2D eigenvalue weighted by Gasteiger charge is -2.05. The number of pyridine rings is 1. The molecule has 0 unspecified atom stereocenters. The van der Waals surface area contributed by atoms with Crippen molar-refractivity contribution in [3.63, 3.8) is 0 Å². The molecule has 5 heteroatoms. The Morgan fingerprint density at radius 1 is 1.69 bits per heavy atom. The first kappa shape index (κ1) is 9.60. The van der Waals surface area contributed by atoms with Crippen LogP contribution in [0.5, 0.6) is 0 Å². The second kappa shape index (κ2) is 3.95. The van der Waals surface area contributed by atoms with Gasteiger partial charge in [0.05, 0.1) is 11.9 Å². The lowest BCUT2D eigenvalue weighted by Crippen LogP contribution is -2.24. The summed E-state index contributed by atoms with van der Waals surface area (Å²) in [7, 11) is 0. The van der Waals surface area contributed by atoms with Crippen LogP contribution >= 0.6 is 0 Å². The molecule has 70 valence electrons. The Morgan fingerprint density at radius 3 is 2.85 bits per heavy atom. The second-order valence-electron chi connectivity index (χ2n) is 2.53. The van der Waals surface area contributed by atoms with Crippen LogP contribution in [0.1, 0.15) is 6.92 Å². The number of aliphatic hydroxyl groups is 1. The summed E-state index contributed by atoms with van der Waals surface area (Å²) < 4.78 is 12.3. The van der Waals surface area contributed by atoms with Crippen molar-refractivity contribution in [1.82, 2.24) is 4.98 Å². The highest BCUT2D eigenvalue weighted by Gasteiger charge is 2.08. The van der Waals surface area contributed by atoms with Gasteiger partial charge >= 0.3 is 0 Å². The summed E-state index contributed by atoms with van der Waals surface area (Å²) in [6.45, 7) is 1.34. The molecule has 0 aliphatic heterocycles. The molecule has 0 aliphatic rings. The number of nitrogens with zero attached hydrogens (tertiary/aromatic N) is 1. The Hall–Kier alpha value is -1.49. The van der Waals surface area contributed by atoms with Gasteiger partial charge in [0.25, 0.3) is 5.91 Å². The molecule has 1 aromatic rings. The van der Waals surface area contributed by atoms with Gasteiger partial charge in [0.2, 0.25) is 5.95 Å². The van der Waals surface area contributed by atoms with Crippen LogP contribution < -0.4 is 5.32 Å². The van der Waals surface area contributed by atoms with Gasteiger partial charge in [-0.2, -0.15) is 4.39 Å². The molecule has 1 atom stereocenters. The molecular weight excluding hydrogens is 175 g/mol. The average molecular weight is 184 g/mol. The molecule has 1 heterocycles. The summed E-state index contributed by atoms with van der Waals surface area (Å²) in [4.78, 5) is 14.2. The number of amides is 1. The molecule has 4 nitrogen and oxygen atoms in total. The molecule has 0 radical (unpaired) electrons. The van der Waals surface area contributed by atoms with Crippen molar-refractivity contribution in [2.24, 2.45) is 0 Å². The van der Waals surface area contributed by atoms with E-state index < -0.39 is 18.0 Å². The number of halogens is 1. The molecule has 0 spiro atoms. The van der Waals surface area contributed by atoms with Crippen molar-refractivity contribution < 1.29 is 14.3 Å². The Kier molecular flexibility index (Phi) is 2.92. The Labute approximate surface area is 74.4 Å². The van der Waals surface area contributed by atoms with Gasteiger partial charge in [-0.05, 0) is 19.1 Å². The van der Waals surface area contributed by atoms with Crippen LogP contribution in [0, 0.1) is 5.95 Å². The van der Waals surface area contributed by atoms with E-state index in [1.165, 1.54) is 19.2 Å². The summed E-state index contributed by atoms with van der Waals surface area (Å²) in [6, 6.07) is 2.49. The zero-order valence-corrected chi connectivity index (χ0v) is 6.99. The first-order chi connectivity index (χ1) is 6.09. The first-order valence-electron chi connectivity index (χ1n) is 3.70. The Balaban J connectivity index is 2.65. The quantitative estimate of drug-likeness (QED) is 0.659. The third-order valence-electron chi connectivity index (χ3n) is 1.37. The molecule has 2 N–H and O–H groups in total. The van der Waals surface area contributed by atoms with Crippen molar-refractivity contribution in [2.45, 2.75) is 13.0 Å². The zero-order chi connectivity index (χ0) is 9.84. The molecule has 0 saturated heterocycles. The summed E-state index contributed by atoms with van der Waals surface area (Å²) >= 11 is 0. The highest BCUT2D eigenvalue weighted by atomic mass is 19.1. The number of aliphatic hydroxyl groups excluding tert-OH is 1. The standard InChI is InChI=1S/C8H9FN2O2/c1-5(12)8(13)11-6-2-3-7(9)10-4-6/h2-5,12H,1H3,(H,11,13)/t5-/m0/s1. The van der Waals surface area contributed by atoms with Crippen LogP contribution in [-0.4, -0.2) is 22.1 Å². The van der Waals surface area contributed by atoms with Crippen LogP contribution in [0.25, 0.3) is 0 Å². The zero-order valence-electron chi connectivity index (χ0n) is 6.99. The average Bonchev–Trinajstić information content (AvgIpc) is 2.08. The van der Waals surface area contributed by atoms with Crippen molar-refractivity contribution in [1.29, 1.82) is 0 Å². The van der Waals surface area contributed by atoms with Crippen molar-refractivity contribution in [3.8, 4) is 0 Å². The minimum absolute atomic E-state index is 0.354. The Morgan fingerprint density at radius 2 is 2.38 bits per heavy atom. The maximum atomic E-state index is 12.3. The number of rotatable bonds is 2. The van der Waals surface area contributed by atoms with Gasteiger partial charge in [-0.3, -0.25) is 4.79 Å². The van der Waals surface area contributed by atoms with Crippen LogP contribution in [0.4, 0.5) is 10.1 Å². The molecular formula is C8H9FN2O2. The first-order valence-corrected chi connectivity index (χ1v) is 3.70. The van der Waals surface area contributed by atoms with Crippen molar-refractivity contribution in [2.75, 3.05) is 5.32 Å². The largest absolute Gasteiger partial charge is 0.384 e. The molecule has 1 amide bonds. The number of hydrogen-bond acceptors (Lipinski definition) is 3. The van der Waals surface area contributed by atoms with E-state index in [-0.39, 0.29) is 0 Å². The fourth-order valence-corrected chi connectivity index (χ4v) is 0.696. The summed E-state index contributed by atoms with van der Waals surface area (Å²) in [5, 5.41) is 11.2. The molecule has 0 aromatic carbocycles. The number of hydrogen-bond donors (Lipinski definition) is 2. The molecule has 1 aromatic heterocycles. The van der Waals surface area contributed by atoms with E-state index >= 15 is 0 Å². The van der Waals surface area contributed by atoms with Crippen molar-refractivity contribution >= 4 is 11.6 Å². The third-order valence-corrected chi connectivity index (χ3v) is 1.37. The number of aromatic nitrogens is 1. The molecule has 0 aliphatic carbocycles. The number of anilines is 1. The van der Waals surface area contributed by atoms with E-state index in [2.05, 4.69) is 10.3 Å². The fourth-order valence-electron chi connectivity index (χ4n) is 0.696. The maximum absolute atomic E-state index is 12.3. The third kappa shape index (κ3) is 2.79. The van der Waals surface area contributed by atoms with E-state index in [1.54, 1.807) is 0 Å². The highest BCUT2D eigenvalue weighted by molar-refractivity contribution is 5.93. The van der Waals surface area contributed by atoms with Crippen LogP contribution in [0.15, 0.2) is 18.3 Å².